The first kappa shape index (κ1) is 16.0. The molecule has 2 rings (SSSR count). The number of benzene rings is 1. The van der Waals surface area contributed by atoms with Crippen molar-refractivity contribution in [2.75, 3.05) is 19.0 Å². The summed E-state index contributed by atoms with van der Waals surface area (Å²) in [6.07, 6.45) is 3.55. The fourth-order valence-corrected chi connectivity index (χ4v) is 2.34. The second kappa shape index (κ2) is 7.07. The number of hydrogen-bond acceptors (Lipinski definition) is 3. The third-order valence-electron chi connectivity index (χ3n) is 3.62. The van der Waals surface area contributed by atoms with Crippen LogP contribution < -0.4 is 10.2 Å². The van der Waals surface area contributed by atoms with Crippen molar-refractivity contribution in [3.63, 3.8) is 0 Å². The monoisotopic (exact) mass is 297 g/mol. The molecule has 0 bridgehead atoms. The topological polar surface area (TPSA) is 45.2 Å². The number of pyridine rings is 1. The summed E-state index contributed by atoms with van der Waals surface area (Å²) in [4.78, 5) is 18.7. The van der Waals surface area contributed by atoms with Gasteiger partial charge in [-0.2, -0.15) is 0 Å². The van der Waals surface area contributed by atoms with E-state index >= 15 is 0 Å². The molecule has 116 valence electrons. The van der Waals surface area contributed by atoms with Gasteiger partial charge >= 0.3 is 0 Å². The molecule has 0 saturated heterocycles. The largest absolute Gasteiger partial charge is 0.378 e. The van der Waals surface area contributed by atoms with Crippen LogP contribution in [0.2, 0.25) is 0 Å². The van der Waals surface area contributed by atoms with E-state index < -0.39 is 0 Å². The van der Waals surface area contributed by atoms with Crippen LogP contribution in [0.15, 0.2) is 48.8 Å². The van der Waals surface area contributed by atoms with E-state index in [0.29, 0.717) is 5.56 Å². The molecule has 1 aromatic carbocycles. The van der Waals surface area contributed by atoms with E-state index in [4.69, 9.17) is 0 Å². The zero-order chi connectivity index (χ0) is 16.1. The lowest BCUT2D eigenvalue weighted by atomic mass is 9.97. The van der Waals surface area contributed by atoms with Gasteiger partial charge in [0.05, 0.1) is 6.04 Å². The molecule has 0 unspecified atom stereocenters. The van der Waals surface area contributed by atoms with Crippen molar-refractivity contribution in [1.82, 2.24) is 10.3 Å². The van der Waals surface area contributed by atoms with Crippen molar-refractivity contribution >= 4 is 11.6 Å². The second-order valence-electron chi connectivity index (χ2n) is 5.93. The lowest BCUT2D eigenvalue weighted by Crippen LogP contribution is -2.31. The van der Waals surface area contributed by atoms with Crippen LogP contribution in [0.4, 0.5) is 5.69 Å². The Kier molecular flexibility index (Phi) is 5.15. The molecule has 1 atom stereocenters. The van der Waals surface area contributed by atoms with E-state index in [9.17, 15) is 4.79 Å². The number of nitrogens with one attached hydrogen (secondary N) is 1. The summed E-state index contributed by atoms with van der Waals surface area (Å²) in [5.41, 5.74) is 2.70. The molecule has 0 aliphatic heterocycles. The van der Waals surface area contributed by atoms with Gasteiger partial charge in [0.15, 0.2) is 0 Å². The summed E-state index contributed by atoms with van der Waals surface area (Å²) in [5.74, 6) is 0.219. The quantitative estimate of drug-likeness (QED) is 0.921. The van der Waals surface area contributed by atoms with Gasteiger partial charge in [-0.25, -0.2) is 0 Å². The van der Waals surface area contributed by atoms with E-state index in [-0.39, 0.29) is 17.9 Å². The maximum atomic E-state index is 12.6. The van der Waals surface area contributed by atoms with Crippen LogP contribution in [0.5, 0.6) is 0 Å². The van der Waals surface area contributed by atoms with E-state index in [0.717, 1.165) is 11.3 Å². The Bertz CT molecular complexity index is 623. The molecule has 1 aromatic heterocycles. The average Bonchev–Trinajstić information content (AvgIpc) is 2.53. The molecule has 0 aliphatic rings. The Morgan fingerprint density at radius 3 is 2.55 bits per heavy atom. The van der Waals surface area contributed by atoms with Crippen molar-refractivity contribution in [3.8, 4) is 0 Å². The Balaban J connectivity index is 2.20. The third kappa shape index (κ3) is 3.85. The van der Waals surface area contributed by atoms with Gasteiger partial charge in [-0.15, -0.1) is 0 Å². The molecule has 1 N–H and O–H groups in total. The van der Waals surface area contributed by atoms with Gasteiger partial charge in [0, 0.05) is 37.7 Å². The Labute approximate surface area is 132 Å². The molecule has 0 fully saturated rings. The van der Waals surface area contributed by atoms with Gasteiger partial charge in [0.25, 0.3) is 5.91 Å². The summed E-state index contributed by atoms with van der Waals surface area (Å²) in [6, 6.07) is 11.5. The van der Waals surface area contributed by atoms with Crippen molar-refractivity contribution in [1.29, 1.82) is 0 Å². The number of rotatable bonds is 5. The minimum Gasteiger partial charge on any atom is -0.378 e. The predicted octanol–water partition coefficient (Wildman–Crippen LogP) is 3.27. The van der Waals surface area contributed by atoms with Crippen LogP contribution in [0.3, 0.4) is 0 Å². The van der Waals surface area contributed by atoms with Crippen LogP contribution in [0.1, 0.15) is 35.8 Å². The average molecular weight is 297 g/mol. The molecular weight excluding hydrogens is 274 g/mol. The number of carbonyl (C=O) groups is 1. The number of hydrogen-bond donors (Lipinski definition) is 1. The first-order chi connectivity index (χ1) is 10.5. The Hall–Kier alpha value is -2.36. The molecule has 4 heteroatoms. The smallest absolute Gasteiger partial charge is 0.251 e. The highest BCUT2D eigenvalue weighted by Gasteiger charge is 2.19. The lowest BCUT2D eigenvalue weighted by molar-refractivity contribution is 0.0925. The molecule has 4 nitrogen and oxygen atoms in total. The van der Waals surface area contributed by atoms with Crippen molar-refractivity contribution in [2.45, 2.75) is 19.9 Å². The maximum absolute atomic E-state index is 12.6. The van der Waals surface area contributed by atoms with Gasteiger partial charge in [0.2, 0.25) is 0 Å². The molecule has 1 heterocycles. The standard InChI is InChI=1S/C18H23N3O/c1-13(2)17(15-8-6-10-19-12-15)20-18(22)14-7-5-9-16(11-14)21(3)4/h5-13,17H,1-4H3,(H,20,22)/t17-/m0/s1. The fourth-order valence-electron chi connectivity index (χ4n) is 2.34. The maximum Gasteiger partial charge on any atom is 0.251 e. The molecule has 22 heavy (non-hydrogen) atoms. The Morgan fingerprint density at radius 1 is 1.18 bits per heavy atom. The van der Waals surface area contributed by atoms with Crippen LogP contribution in [0.25, 0.3) is 0 Å². The van der Waals surface area contributed by atoms with E-state index in [1.807, 2.05) is 55.4 Å². The molecule has 0 spiro atoms. The number of anilines is 1. The summed E-state index contributed by atoms with van der Waals surface area (Å²) in [5, 5.41) is 3.12. The van der Waals surface area contributed by atoms with Gasteiger partial charge < -0.3 is 10.2 Å². The number of carbonyl (C=O) groups excluding carboxylic acids is 1. The molecular formula is C18H23N3O. The van der Waals surface area contributed by atoms with Crippen molar-refractivity contribution in [2.24, 2.45) is 5.92 Å². The van der Waals surface area contributed by atoms with Crippen LogP contribution in [0, 0.1) is 5.92 Å². The highest BCUT2D eigenvalue weighted by atomic mass is 16.1. The van der Waals surface area contributed by atoms with Gasteiger partial charge in [0.1, 0.15) is 0 Å². The zero-order valence-electron chi connectivity index (χ0n) is 13.6. The highest BCUT2D eigenvalue weighted by Crippen LogP contribution is 2.22. The summed E-state index contributed by atoms with van der Waals surface area (Å²) < 4.78 is 0. The lowest BCUT2D eigenvalue weighted by Gasteiger charge is -2.23. The first-order valence-corrected chi connectivity index (χ1v) is 7.47. The predicted molar refractivity (Wildman–Crippen MR) is 90.1 cm³/mol. The summed E-state index contributed by atoms with van der Waals surface area (Å²) >= 11 is 0. The molecule has 0 saturated carbocycles. The van der Waals surface area contributed by atoms with Gasteiger partial charge in [-0.3, -0.25) is 9.78 Å². The summed E-state index contributed by atoms with van der Waals surface area (Å²) in [7, 11) is 3.92. The van der Waals surface area contributed by atoms with E-state index in [2.05, 4.69) is 24.1 Å². The fraction of sp³-hybridized carbons (Fsp3) is 0.333. The van der Waals surface area contributed by atoms with E-state index in [1.54, 1.807) is 12.4 Å². The Morgan fingerprint density at radius 2 is 1.95 bits per heavy atom. The molecule has 0 aliphatic carbocycles. The van der Waals surface area contributed by atoms with Crippen molar-refractivity contribution < 1.29 is 4.79 Å². The van der Waals surface area contributed by atoms with E-state index in [1.165, 1.54) is 0 Å². The van der Waals surface area contributed by atoms with Gasteiger partial charge in [-0.1, -0.05) is 26.0 Å². The minimum absolute atomic E-state index is 0.0517. The second-order valence-corrected chi connectivity index (χ2v) is 5.93. The molecule has 1 amide bonds. The van der Waals surface area contributed by atoms with Gasteiger partial charge in [-0.05, 0) is 35.7 Å². The number of aromatic nitrogens is 1. The summed E-state index contributed by atoms with van der Waals surface area (Å²) in [6.45, 7) is 4.18. The van der Waals surface area contributed by atoms with Crippen LogP contribution in [-0.2, 0) is 0 Å². The minimum atomic E-state index is -0.0637. The van der Waals surface area contributed by atoms with Crippen LogP contribution in [-0.4, -0.2) is 25.0 Å². The third-order valence-corrected chi connectivity index (χ3v) is 3.62. The zero-order valence-corrected chi connectivity index (χ0v) is 13.6. The molecule has 2 aromatic rings. The number of amides is 1. The highest BCUT2D eigenvalue weighted by molar-refractivity contribution is 5.95. The number of nitrogens with zero attached hydrogens (tertiary/aromatic N) is 2. The molecule has 0 radical (unpaired) electrons. The SMILES string of the molecule is CC(C)[C@H](NC(=O)c1cccc(N(C)C)c1)c1cccnc1. The normalized spacial score (nSPS) is 12.0. The first-order valence-electron chi connectivity index (χ1n) is 7.47. The van der Waals surface area contributed by atoms with Crippen LogP contribution >= 0.6 is 0 Å². The van der Waals surface area contributed by atoms with Crippen molar-refractivity contribution in [3.05, 3.63) is 59.9 Å².